The summed E-state index contributed by atoms with van der Waals surface area (Å²) in [5.41, 5.74) is 2.17. The third kappa shape index (κ3) is 8.66. The quantitative estimate of drug-likeness (QED) is 0.479. The molecular weight excluding hydrogens is 409 g/mol. The van der Waals surface area contributed by atoms with Gasteiger partial charge >= 0.3 is 6.18 Å². The van der Waals surface area contributed by atoms with Gasteiger partial charge in [-0.15, -0.1) is 0 Å². The SMILES string of the molecule is CCNC(=NCc1cccc(COC2CCOCC2)c1)NC1CCN(CC(F)(F)F)C1. The molecule has 0 bridgehead atoms. The van der Waals surface area contributed by atoms with E-state index in [-0.39, 0.29) is 12.1 Å². The Kier molecular flexibility index (Phi) is 8.98. The highest BCUT2D eigenvalue weighted by atomic mass is 19.4. The van der Waals surface area contributed by atoms with E-state index in [1.165, 1.54) is 4.90 Å². The lowest BCUT2D eigenvalue weighted by Crippen LogP contribution is -2.45. The van der Waals surface area contributed by atoms with Gasteiger partial charge in [-0.3, -0.25) is 4.90 Å². The molecular formula is C22H33F3N4O2. The smallest absolute Gasteiger partial charge is 0.381 e. The Morgan fingerprint density at radius 2 is 2.00 bits per heavy atom. The van der Waals surface area contributed by atoms with Crippen LogP contribution in [0.15, 0.2) is 29.3 Å². The first-order chi connectivity index (χ1) is 14.9. The molecule has 2 heterocycles. The lowest BCUT2D eigenvalue weighted by atomic mass is 10.1. The predicted octanol–water partition coefficient (Wildman–Crippen LogP) is 3.07. The van der Waals surface area contributed by atoms with E-state index in [9.17, 15) is 13.2 Å². The fourth-order valence-electron chi connectivity index (χ4n) is 3.91. The highest BCUT2D eigenvalue weighted by molar-refractivity contribution is 5.80. The summed E-state index contributed by atoms with van der Waals surface area (Å²) in [5.74, 6) is 0.630. The molecule has 2 aliphatic heterocycles. The molecule has 0 aromatic heterocycles. The Bertz CT molecular complexity index is 708. The first-order valence-electron chi connectivity index (χ1n) is 11.0. The molecule has 0 aliphatic carbocycles. The molecule has 0 amide bonds. The van der Waals surface area contributed by atoms with E-state index in [1.807, 2.05) is 25.1 Å². The molecule has 6 nitrogen and oxygen atoms in total. The van der Waals surface area contributed by atoms with Crippen LogP contribution in [0.2, 0.25) is 0 Å². The van der Waals surface area contributed by atoms with Crippen LogP contribution in [-0.2, 0) is 22.6 Å². The van der Waals surface area contributed by atoms with Gasteiger partial charge in [0.15, 0.2) is 5.96 Å². The number of guanidine groups is 1. The van der Waals surface area contributed by atoms with E-state index >= 15 is 0 Å². The molecule has 2 saturated heterocycles. The number of ether oxygens (including phenoxy) is 2. The van der Waals surface area contributed by atoms with E-state index < -0.39 is 12.7 Å². The zero-order valence-corrected chi connectivity index (χ0v) is 18.1. The van der Waals surface area contributed by atoms with Crippen molar-refractivity contribution in [1.82, 2.24) is 15.5 Å². The molecule has 0 spiro atoms. The third-order valence-electron chi connectivity index (χ3n) is 5.43. The van der Waals surface area contributed by atoms with Gasteiger partial charge in [-0.05, 0) is 37.3 Å². The largest absolute Gasteiger partial charge is 0.401 e. The van der Waals surface area contributed by atoms with Gasteiger partial charge in [0.2, 0.25) is 0 Å². The van der Waals surface area contributed by atoms with Crippen LogP contribution < -0.4 is 10.6 Å². The van der Waals surface area contributed by atoms with Gasteiger partial charge in [-0.25, -0.2) is 4.99 Å². The normalized spacial score (nSPS) is 21.4. The van der Waals surface area contributed by atoms with Gasteiger partial charge in [0.05, 0.1) is 25.8 Å². The lowest BCUT2D eigenvalue weighted by Gasteiger charge is -2.22. The van der Waals surface area contributed by atoms with Crippen molar-refractivity contribution in [3.8, 4) is 0 Å². The van der Waals surface area contributed by atoms with Crippen LogP contribution in [0, 0.1) is 0 Å². The first-order valence-corrected chi connectivity index (χ1v) is 11.0. The lowest BCUT2D eigenvalue weighted by molar-refractivity contribution is -0.143. The van der Waals surface area contributed by atoms with Gasteiger partial charge in [0, 0.05) is 38.9 Å². The maximum absolute atomic E-state index is 12.6. The van der Waals surface area contributed by atoms with Crippen molar-refractivity contribution in [2.75, 3.05) is 39.4 Å². The monoisotopic (exact) mass is 442 g/mol. The van der Waals surface area contributed by atoms with Crippen LogP contribution in [0.25, 0.3) is 0 Å². The van der Waals surface area contributed by atoms with Gasteiger partial charge in [0.1, 0.15) is 0 Å². The fraction of sp³-hybridized carbons (Fsp3) is 0.682. The second-order valence-electron chi connectivity index (χ2n) is 8.12. The van der Waals surface area contributed by atoms with E-state index in [2.05, 4.69) is 21.7 Å². The summed E-state index contributed by atoms with van der Waals surface area (Å²) >= 11 is 0. The van der Waals surface area contributed by atoms with E-state index in [0.29, 0.717) is 45.2 Å². The van der Waals surface area contributed by atoms with E-state index in [4.69, 9.17) is 9.47 Å². The zero-order valence-electron chi connectivity index (χ0n) is 18.1. The number of hydrogen-bond donors (Lipinski definition) is 2. The molecule has 1 aromatic rings. The minimum atomic E-state index is -4.16. The highest BCUT2D eigenvalue weighted by Gasteiger charge is 2.34. The van der Waals surface area contributed by atoms with Gasteiger partial charge < -0.3 is 20.1 Å². The van der Waals surface area contributed by atoms with Crippen molar-refractivity contribution in [2.24, 2.45) is 4.99 Å². The number of benzene rings is 1. The van der Waals surface area contributed by atoms with Crippen molar-refractivity contribution in [3.05, 3.63) is 35.4 Å². The molecule has 174 valence electrons. The molecule has 31 heavy (non-hydrogen) atoms. The molecule has 1 unspecified atom stereocenters. The summed E-state index contributed by atoms with van der Waals surface area (Å²) in [6, 6.07) is 8.11. The number of halogens is 3. The van der Waals surface area contributed by atoms with Crippen LogP contribution in [0.5, 0.6) is 0 Å². The minimum absolute atomic E-state index is 0.0423. The Balaban J connectivity index is 1.50. The molecule has 2 aliphatic rings. The van der Waals surface area contributed by atoms with Crippen LogP contribution >= 0.6 is 0 Å². The maximum atomic E-state index is 12.6. The van der Waals surface area contributed by atoms with Crippen molar-refractivity contribution < 1.29 is 22.6 Å². The molecule has 1 aromatic carbocycles. The van der Waals surface area contributed by atoms with E-state index in [1.54, 1.807) is 0 Å². The summed E-state index contributed by atoms with van der Waals surface area (Å²) in [4.78, 5) is 6.07. The second kappa shape index (κ2) is 11.7. The maximum Gasteiger partial charge on any atom is 0.401 e. The Hall–Kier alpha value is -1.84. The minimum Gasteiger partial charge on any atom is -0.381 e. The van der Waals surface area contributed by atoms with Crippen molar-refractivity contribution in [1.29, 1.82) is 0 Å². The summed E-state index contributed by atoms with van der Waals surface area (Å²) in [6.07, 6.45) is -1.37. The molecule has 2 fully saturated rings. The Morgan fingerprint density at radius 3 is 2.74 bits per heavy atom. The molecule has 3 rings (SSSR count). The van der Waals surface area contributed by atoms with Crippen molar-refractivity contribution in [2.45, 2.75) is 57.7 Å². The third-order valence-corrected chi connectivity index (χ3v) is 5.43. The van der Waals surface area contributed by atoms with Gasteiger partial charge in [0.25, 0.3) is 0 Å². The first kappa shape index (κ1) is 23.8. The summed E-state index contributed by atoms with van der Waals surface area (Å²) in [6.45, 7) is 5.16. The van der Waals surface area contributed by atoms with E-state index in [0.717, 1.165) is 37.2 Å². The molecule has 0 saturated carbocycles. The average Bonchev–Trinajstić information content (AvgIpc) is 3.17. The van der Waals surface area contributed by atoms with Crippen LogP contribution in [0.1, 0.15) is 37.3 Å². The zero-order chi connectivity index (χ0) is 22.1. The average molecular weight is 443 g/mol. The topological polar surface area (TPSA) is 58.1 Å². The Morgan fingerprint density at radius 1 is 1.23 bits per heavy atom. The fourth-order valence-corrected chi connectivity index (χ4v) is 3.91. The predicted molar refractivity (Wildman–Crippen MR) is 114 cm³/mol. The van der Waals surface area contributed by atoms with Crippen LogP contribution in [0.4, 0.5) is 13.2 Å². The number of hydrogen-bond acceptors (Lipinski definition) is 4. The van der Waals surface area contributed by atoms with Crippen molar-refractivity contribution >= 4 is 5.96 Å². The number of nitrogens with one attached hydrogen (secondary N) is 2. The van der Waals surface area contributed by atoms with Crippen LogP contribution in [-0.4, -0.2) is 68.6 Å². The number of likely N-dealkylation sites (tertiary alicyclic amines) is 1. The van der Waals surface area contributed by atoms with Gasteiger partial charge in [-0.2, -0.15) is 13.2 Å². The van der Waals surface area contributed by atoms with Gasteiger partial charge in [-0.1, -0.05) is 24.3 Å². The summed E-state index contributed by atoms with van der Waals surface area (Å²) < 4.78 is 49.2. The standard InChI is InChI=1S/C22H33F3N4O2/c1-2-26-21(28-19-6-9-29(14-19)16-22(23,24)25)27-13-17-4-3-5-18(12-17)15-31-20-7-10-30-11-8-20/h3-5,12,19-20H,2,6-11,13-16H2,1H3,(H2,26,27,28). The number of aliphatic imine (C=N–C) groups is 1. The molecule has 2 N–H and O–H groups in total. The number of rotatable bonds is 8. The van der Waals surface area contributed by atoms with Crippen molar-refractivity contribution in [3.63, 3.8) is 0 Å². The Labute approximate surface area is 182 Å². The number of alkyl halides is 3. The van der Waals surface area contributed by atoms with Crippen LogP contribution in [0.3, 0.4) is 0 Å². The molecule has 9 heteroatoms. The summed E-state index contributed by atoms with van der Waals surface area (Å²) in [5, 5.41) is 6.47. The summed E-state index contributed by atoms with van der Waals surface area (Å²) in [7, 11) is 0. The molecule has 0 radical (unpaired) electrons. The number of nitrogens with zero attached hydrogens (tertiary/aromatic N) is 2. The highest BCUT2D eigenvalue weighted by Crippen LogP contribution is 2.20. The second-order valence-corrected chi connectivity index (χ2v) is 8.12. The molecule has 1 atom stereocenters.